The van der Waals surface area contributed by atoms with E-state index in [0.29, 0.717) is 79.0 Å². The number of rotatable bonds is 33. The van der Waals surface area contributed by atoms with Gasteiger partial charge in [0, 0.05) is 26.6 Å². The Balaban J connectivity index is 1.34. The smallest absolute Gasteiger partial charge is 0.407 e. The number of amides is 2. The molecule has 0 saturated heterocycles. The summed E-state index contributed by atoms with van der Waals surface area (Å²) < 4.78 is 42.5. The Bertz CT molecular complexity index is 1470. The number of anilines is 2. The zero-order valence-corrected chi connectivity index (χ0v) is 34.3. The number of aromatic nitrogens is 2. The molecule has 0 saturated carbocycles. The molecule has 0 unspecified atom stereocenters. The van der Waals surface area contributed by atoms with Crippen LogP contribution < -0.4 is 32.6 Å². The van der Waals surface area contributed by atoms with Crippen molar-refractivity contribution in [1.82, 2.24) is 20.6 Å². The summed E-state index contributed by atoms with van der Waals surface area (Å²) in [6.07, 6.45) is 6.79. The predicted octanol–water partition coefficient (Wildman–Crippen LogP) is 3.06. The number of methoxy groups -OCH3 is 1. The van der Waals surface area contributed by atoms with Gasteiger partial charge in [0.15, 0.2) is 28.4 Å². The summed E-state index contributed by atoms with van der Waals surface area (Å²) in [5, 5.41) is 5.01. The van der Waals surface area contributed by atoms with E-state index in [1.54, 1.807) is 7.11 Å². The molecular formula is C38H61ClN8O11. The van der Waals surface area contributed by atoms with Crippen LogP contribution in [0.5, 0.6) is 5.75 Å². The molecule has 0 aliphatic rings. The molecule has 0 radical (unpaired) electrons. The van der Waals surface area contributed by atoms with E-state index in [4.69, 9.17) is 66.7 Å². The molecule has 1 aromatic heterocycles. The first-order valence-corrected chi connectivity index (χ1v) is 19.8. The number of aliphatic imine (C=N–C) groups is 1. The van der Waals surface area contributed by atoms with Crippen molar-refractivity contribution in [3.8, 4) is 5.75 Å². The number of hydrogen-bond donors (Lipinski definition) is 5. The van der Waals surface area contributed by atoms with E-state index in [2.05, 4.69) is 25.6 Å². The molecule has 0 bridgehead atoms. The molecule has 2 aromatic rings. The molecule has 0 spiro atoms. The zero-order valence-electron chi connectivity index (χ0n) is 33.5. The lowest BCUT2D eigenvalue weighted by Gasteiger charge is -2.09. The highest BCUT2D eigenvalue weighted by Crippen LogP contribution is 2.17. The SMILES string of the molecule is COCCOCCOCCOC(=O)CCCCCCCNC(=O)OCCOCCOCCOc1ccc(CCCCN=C(N)NC(=O)c2nc(Cl)c(N)nc2N)cc1. The second kappa shape index (κ2) is 32.4. The van der Waals surface area contributed by atoms with Crippen LogP contribution in [0.2, 0.25) is 5.15 Å². The Morgan fingerprint density at radius 2 is 1.31 bits per heavy atom. The first-order valence-electron chi connectivity index (χ1n) is 19.5. The van der Waals surface area contributed by atoms with E-state index in [1.165, 1.54) is 0 Å². The number of ether oxygens (including phenoxy) is 8. The van der Waals surface area contributed by atoms with Crippen molar-refractivity contribution in [3.63, 3.8) is 0 Å². The van der Waals surface area contributed by atoms with Gasteiger partial charge in [0.05, 0.1) is 59.5 Å². The third-order valence-electron chi connectivity index (χ3n) is 7.89. The van der Waals surface area contributed by atoms with E-state index in [9.17, 15) is 14.4 Å². The fourth-order valence-corrected chi connectivity index (χ4v) is 4.99. The normalized spacial score (nSPS) is 11.3. The van der Waals surface area contributed by atoms with Crippen LogP contribution in [0.1, 0.15) is 67.4 Å². The lowest BCUT2D eigenvalue weighted by atomic mass is 10.1. The number of guanidine groups is 1. The van der Waals surface area contributed by atoms with E-state index in [-0.39, 0.29) is 54.2 Å². The molecule has 1 aromatic carbocycles. The molecule has 2 amide bonds. The van der Waals surface area contributed by atoms with Gasteiger partial charge in [-0.2, -0.15) is 0 Å². The van der Waals surface area contributed by atoms with Gasteiger partial charge in [0.1, 0.15) is 25.6 Å². The summed E-state index contributed by atoms with van der Waals surface area (Å²) >= 11 is 5.81. The molecule has 1 heterocycles. The first-order chi connectivity index (χ1) is 28.2. The van der Waals surface area contributed by atoms with Crippen molar-refractivity contribution in [3.05, 3.63) is 40.7 Å². The summed E-state index contributed by atoms with van der Waals surface area (Å²) in [7, 11) is 1.62. The van der Waals surface area contributed by atoms with Gasteiger partial charge in [-0.15, -0.1) is 0 Å². The van der Waals surface area contributed by atoms with Gasteiger partial charge in [0.2, 0.25) is 0 Å². The van der Waals surface area contributed by atoms with Crippen molar-refractivity contribution >= 4 is 47.2 Å². The molecule has 0 aliphatic carbocycles. The van der Waals surface area contributed by atoms with Crippen LogP contribution in [-0.2, 0) is 44.4 Å². The molecule has 326 valence electrons. The van der Waals surface area contributed by atoms with Gasteiger partial charge >= 0.3 is 12.1 Å². The van der Waals surface area contributed by atoms with Gasteiger partial charge in [-0.05, 0) is 49.8 Å². The summed E-state index contributed by atoms with van der Waals surface area (Å²) in [4.78, 5) is 47.7. The molecule has 0 atom stereocenters. The summed E-state index contributed by atoms with van der Waals surface area (Å²) in [5.41, 5.74) is 18.0. The predicted molar refractivity (Wildman–Crippen MR) is 218 cm³/mol. The van der Waals surface area contributed by atoms with Crippen molar-refractivity contribution in [2.45, 2.75) is 57.8 Å². The number of alkyl carbamates (subject to hydrolysis) is 1. The van der Waals surface area contributed by atoms with Crippen LogP contribution in [0.3, 0.4) is 0 Å². The summed E-state index contributed by atoms with van der Waals surface area (Å²) in [6.45, 7) is 5.50. The van der Waals surface area contributed by atoms with Gasteiger partial charge < -0.3 is 60.4 Å². The molecule has 2 rings (SSSR count). The molecule has 8 N–H and O–H groups in total. The minimum absolute atomic E-state index is 0.0644. The van der Waals surface area contributed by atoms with Crippen LogP contribution >= 0.6 is 11.6 Å². The maximum Gasteiger partial charge on any atom is 0.407 e. The Morgan fingerprint density at radius 3 is 2.00 bits per heavy atom. The zero-order chi connectivity index (χ0) is 42.1. The molecular weight excluding hydrogens is 780 g/mol. The molecule has 58 heavy (non-hydrogen) atoms. The Kier molecular flexibility index (Phi) is 27.7. The number of nitrogens with one attached hydrogen (secondary N) is 2. The van der Waals surface area contributed by atoms with E-state index in [1.807, 2.05) is 24.3 Å². The monoisotopic (exact) mass is 840 g/mol. The largest absolute Gasteiger partial charge is 0.491 e. The van der Waals surface area contributed by atoms with Crippen LogP contribution in [-0.4, -0.2) is 133 Å². The van der Waals surface area contributed by atoms with Crippen molar-refractivity contribution in [2.75, 3.05) is 111 Å². The second-order valence-electron chi connectivity index (χ2n) is 12.5. The number of hydrogen-bond acceptors (Lipinski definition) is 16. The van der Waals surface area contributed by atoms with Gasteiger partial charge in [-0.25, -0.2) is 14.8 Å². The maximum atomic E-state index is 12.3. The van der Waals surface area contributed by atoms with Gasteiger partial charge in [-0.1, -0.05) is 43.0 Å². The average Bonchev–Trinajstić information content (AvgIpc) is 3.20. The highest BCUT2D eigenvalue weighted by Gasteiger charge is 2.16. The minimum Gasteiger partial charge on any atom is -0.491 e. The number of aryl methyl sites for hydroxylation is 1. The maximum absolute atomic E-state index is 12.3. The van der Waals surface area contributed by atoms with Crippen LogP contribution in [0.15, 0.2) is 29.3 Å². The van der Waals surface area contributed by atoms with Crippen LogP contribution in [0, 0.1) is 0 Å². The number of benzene rings is 1. The Hall–Kier alpha value is -4.53. The van der Waals surface area contributed by atoms with E-state index >= 15 is 0 Å². The summed E-state index contributed by atoms with van der Waals surface area (Å²) in [5.74, 6) is -0.462. The molecule has 19 nitrogen and oxygen atoms in total. The standard InChI is InChI=1S/C38H61ClN8O11/c1-51-17-18-52-19-20-54-24-27-57-31(48)10-5-3-2-4-7-16-44-38(50)58-28-25-55-22-21-53-23-26-56-30-13-11-29(12-14-30)9-6-8-15-43-37(42)47-36(49)32-34(40)46-35(41)33(39)45-32/h11-14H,2-10,15-28H2,1H3,(H,44,50)(H4,40,41,46)(H3,42,43,47,49). The number of esters is 1. The molecule has 0 aliphatic heterocycles. The number of carbonyl (C=O) groups is 3. The Labute approximate surface area is 345 Å². The number of unbranched alkanes of at least 4 members (excludes halogenated alkanes) is 5. The minimum atomic E-state index is -0.681. The van der Waals surface area contributed by atoms with Crippen LogP contribution in [0.25, 0.3) is 0 Å². The Morgan fingerprint density at radius 1 is 0.707 bits per heavy atom. The first kappa shape index (κ1) is 49.6. The third-order valence-corrected chi connectivity index (χ3v) is 8.17. The van der Waals surface area contributed by atoms with E-state index in [0.717, 1.165) is 62.7 Å². The summed E-state index contributed by atoms with van der Waals surface area (Å²) in [6, 6.07) is 7.83. The highest BCUT2D eigenvalue weighted by molar-refractivity contribution is 6.31. The lowest BCUT2D eigenvalue weighted by molar-refractivity contribution is -0.145. The fourth-order valence-electron chi connectivity index (χ4n) is 4.87. The van der Waals surface area contributed by atoms with Crippen molar-refractivity contribution in [2.24, 2.45) is 10.7 Å². The van der Waals surface area contributed by atoms with Gasteiger partial charge in [-0.3, -0.25) is 19.9 Å². The number of halogens is 1. The van der Waals surface area contributed by atoms with Crippen LogP contribution in [0.4, 0.5) is 16.4 Å². The number of nitrogen functional groups attached to an aromatic ring is 2. The van der Waals surface area contributed by atoms with E-state index < -0.39 is 12.0 Å². The average molecular weight is 841 g/mol. The number of nitrogens with two attached hydrogens (primary N) is 3. The topological polar surface area (TPSA) is 265 Å². The second-order valence-corrected chi connectivity index (χ2v) is 12.9. The fraction of sp³-hybridized carbons (Fsp3) is 0.632. The molecule has 0 fully saturated rings. The number of nitrogens with zero attached hydrogens (tertiary/aromatic N) is 3. The quantitative estimate of drug-likeness (QED) is 0.0299. The molecule has 20 heteroatoms. The third kappa shape index (κ3) is 25.0. The number of carbonyl (C=O) groups excluding carboxylic acids is 3. The van der Waals surface area contributed by atoms with Crippen molar-refractivity contribution in [1.29, 1.82) is 0 Å². The highest BCUT2D eigenvalue weighted by atomic mass is 35.5. The van der Waals surface area contributed by atoms with Gasteiger partial charge in [0.25, 0.3) is 5.91 Å². The van der Waals surface area contributed by atoms with Crippen molar-refractivity contribution < 1.29 is 52.3 Å². The lowest BCUT2D eigenvalue weighted by Crippen LogP contribution is -2.38.